The predicted octanol–water partition coefficient (Wildman–Crippen LogP) is 3.22. The Labute approximate surface area is 172 Å². The lowest BCUT2D eigenvalue weighted by molar-refractivity contribution is -0.170. The monoisotopic (exact) mass is 400 g/mol. The molecule has 0 amide bonds. The van der Waals surface area contributed by atoms with Gasteiger partial charge in [-0.3, -0.25) is 19.2 Å². The summed E-state index contributed by atoms with van der Waals surface area (Å²) in [6.45, 7) is 7.53. The van der Waals surface area contributed by atoms with Crippen molar-refractivity contribution in [1.82, 2.24) is 0 Å². The minimum atomic E-state index is -1.60. The van der Waals surface area contributed by atoms with E-state index in [-0.39, 0.29) is 59.3 Å². The van der Waals surface area contributed by atoms with Crippen molar-refractivity contribution in [3.8, 4) is 0 Å². The fourth-order valence-electron chi connectivity index (χ4n) is 7.65. The molecule has 0 unspecified atom stereocenters. The Bertz CT molecular complexity index is 840. The number of Topliss-reactive ketones (excluding diaryl/α,β-unsaturated/α-hetero) is 3. The highest BCUT2D eigenvalue weighted by Gasteiger charge is 2.68. The summed E-state index contributed by atoms with van der Waals surface area (Å²) >= 11 is 0. The van der Waals surface area contributed by atoms with Crippen LogP contribution in [0, 0.1) is 34.5 Å². The van der Waals surface area contributed by atoms with E-state index in [0.29, 0.717) is 25.7 Å². The molecule has 0 radical (unpaired) electrons. The molecule has 29 heavy (non-hydrogen) atoms. The predicted molar refractivity (Wildman–Crippen MR) is 107 cm³/mol. The summed E-state index contributed by atoms with van der Waals surface area (Å²) < 4.78 is 0. The van der Waals surface area contributed by atoms with Crippen molar-refractivity contribution in [1.29, 1.82) is 0 Å². The summed E-state index contributed by atoms with van der Waals surface area (Å²) in [6, 6.07) is 0. The van der Waals surface area contributed by atoms with E-state index in [1.165, 1.54) is 6.92 Å². The Morgan fingerprint density at radius 3 is 2.55 bits per heavy atom. The average molecular weight is 401 g/mol. The van der Waals surface area contributed by atoms with Crippen molar-refractivity contribution < 1.29 is 24.3 Å². The van der Waals surface area contributed by atoms with Crippen LogP contribution in [-0.2, 0) is 19.2 Å². The second-order valence-corrected chi connectivity index (χ2v) is 10.6. The van der Waals surface area contributed by atoms with Crippen LogP contribution in [0.15, 0.2) is 11.6 Å². The third-order valence-corrected chi connectivity index (χ3v) is 8.99. The Hall–Kier alpha value is -1.62. The minimum Gasteiger partial charge on any atom is -0.381 e. The Balaban J connectivity index is 1.74. The standard InChI is InChI=1S/C24H32O5/c1-13-9-16-17-6-8-24(29,20(28)10-14(2)25)23(17,4)12-19(27)21(16)22(3)7-5-15(26)11-18(13)22/h11,13,16-17,21,29H,5-10,12H2,1-4H3/t13-,16-,17-,21+,22-,23-,24-/m0/s1. The summed E-state index contributed by atoms with van der Waals surface area (Å²) in [5, 5.41) is 11.5. The molecule has 0 saturated heterocycles. The fraction of sp³-hybridized carbons (Fsp3) is 0.750. The number of carbonyl (C=O) groups is 4. The number of aliphatic hydroxyl groups is 1. The number of hydrogen-bond donors (Lipinski definition) is 1. The van der Waals surface area contributed by atoms with Crippen molar-refractivity contribution >= 4 is 23.1 Å². The van der Waals surface area contributed by atoms with Crippen LogP contribution < -0.4 is 0 Å². The van der Waals surface area contributed by atoms with E-state index in [1.807, 2.05) is 6.92 Å². The highest BCUT2D eigenvalue weighted by atomic mass is 16.3. The van der Waals surface area contributed by atoms with Crippen molar-refractivity contribution in [2.45, 2.75) is 78.2 Å². The first-order valence-electron chi connectivity index (χ1n) is 11.0. The van der Waals surface area contributed by atoms with Crippen LogP contribution in [0.4, 0.5) is 0 Å². The zero-order valence-corrected chi connectivity index (χ0v) is 17.9. The van der Waals surface area contributed by atoms with Gasteiger partial charge in [0.15, 0.2) is 11.6 Å². The molecule has 0 aromatic heterocycles. The number of ketones is 4. The average Bonchev–Trinajstić information content (AvgIpc) is 2.88. The Morgan fingerprint density at radius 2 is 1.90 bits per heavy atom. The SMILES string of the molecule is CC(=O)CC(=O)[C@@]1(O)CC[C@H]2[C@@H]3C[C@H](C)C4=CC(=O)CC[C@]4(C)[C@H]3C(=O)C[C@@]21C. The van der Waals surface area contributed by atoms with Gasteiger partial charge in [-0.2, -0.15) is 0 Å². The molecule has 1 N–H and O–H groups in total. The molecule has 4 rings (SSSR count). The van der Waals surface area contributed by atoms with Crippen molar-refractivity contribution in [2.24, 2.45) is 34.5 Å². The molecular formula is C24H32O5. The summed E-state index contributed by atoms with van der Waals surface area (Å²) in [4.78, 5) is 50.0. The molecule has 3 fully saturated rings. The molecule has 0 spiro atoms. The fourth-order valence-corrected chi connectivity index (χ4v) is 7.65. The van der Waals surface area contributed by atoms with Gasteiger partial charge < -0.3 is 5.11 Å². The molecule has 0 aromatic carbocycles. The number of hydrogen-bond acceptors (Lipinski definition) is 5. The van der Waals surface area contributed by atoms with Crippen LogP contribution in [0.2, 0.25) is 0 Å². The molecule has 0 aromatic rings. The summed E-state index contributed by atoms with van der Waals surface area (Å²) in [5.41, 5.74) is -1.61. The quantitative estimate of drug-likeness (QED) is 0.735. The molecule has 7 atom stereocenters. The molecule has 0 aliphatic heterocycles. The van der Waals surface area contributed by atoms with Crippen LogP contribution in [0.1, 0.15) is 72.6 Å². The molecule has 0 bridgehead atoms. The first kappa shape index (κ1) is 20.6. The van der Waals surface area contributed by atoms with E-state index >= 15 is 0 Å². The van der Waals surface area contributed by atoms with Gasteiger partial charge in [-0.05, 0) is 61.9 Å². The van der Waals surface area contributed by atoms with Crippen LogP contribution in [-0.4, -0.2) is 33.8 Å². The maximum Gasteiger partial charge on any atom is 0.172 e. The second-order valence-electron chi connectivity index (χ2n) is 10.6. The molecule has 4 aliphatic rings. The Morgan fingerprint density at radius 1 is 1.21 bits per heavy atom. The van der Waals surface area contributed by atoms with E-state index < -0.39 is 16.8 Å². The number of rotatable bonds is 3. The topological polar surface area (TPSA) is 88.5 Å². The van der Waals surface area contributed by atoms with Crippen molar-refractivity contribution in [2.75, 3.05) is 0 Å². The normalized spacial score (nSPS) is 46.4. The zero-order chi connectivity index (χ0) is 21.4. The number of allylic oxidation sites excluding steroid dienone is 1. The minimum absolute atomic E-state index is 0.0737. The lowest BCUT2D eigenvalue weighted by Gasteiger charge is -2.59. The molecule has 5 nitrogen and oxygen atoms in total. The summed E-state index contributed by atoms with van der Waals surface area (Å²) in [7, 11) is 0. The highest BCUT2D eigenvalue weighted by molar-refractivity contribution is 6.03. The van der Waals surface area contributed by atoms with Gasteiger partial charge in [-0.25, -0.2) is 0 Å². The third kappa shape index (κ3) is 2.69. The lowest BCUT2D eigenvalue weighted by Crippen LogP contribution is -2.61. The van der Waals surface area contributed by atoms with E-state index in [9.17, 15) is 24.3 Å². The first-order chi connectivity index (χ1) is 13.4. The van der Waals surface area contributed by atoms with Gasteiger partial charge in [0, 0.05) is 24.2 Å². The molecule has 158 valence electrons. The van der Waals surface area contributed by atoms with E-state index in [0.717, 1.165) is 12.0 Å². The lowest BCUT2D eigenvalue weighted by atomic mass is 9.44. The van der Waals surface area contributed by atoms with Gasteiger partial charge in [0.1, 0.15) is 17.2 Å². The maximum atomic E-state index is 13.6. The van der Waals surface area contributed by atoms with E-state index in [2.05, 4.69) is 13.8 Å². The largest absolute Gasteiger partial charge is 0.381 e. The number of carbonyl (C=O) groups excluding carboxylic acids is 4. The Kier molecular flexibility index (Phi) is 4.58. The summed E-state index contributed by atoms with van der Waals surface area (Å²) in [5.74, 6) is -0.185. The highest BCUT2D eigenvalue weighted by Crippen LogP contribution is 2.67. The zero-order valence-electron chi connectivity index (χ0n) is 17.9. The van der Waals surface area contributed by atoms with Gasteiger partial charge in [-0.1, -0.05) is 26.3 Å². The van der Waals surface area contributed by atoms with Crippen LogP contribution >= 0.6 is 0 Å². The molecular weight excluding hydrogens is 368 g/mol. The van der Waals surface area contributed by atoms with Crippen LogP contribution in [0.5, 0.6) is 0 Å². The van der Waals surface area contributed by atoms with Crippen molar-refractivity contribution in [3.63, 3.8) is 0 Å². The number of fused-ring (bicyclic) bond motifs is 5. The second kappa shape index (κ2) is 6.44. The van der Waals surface area contributed by atoms with Gasteiger partial charge in [0.2, 0.25) is 0 Å². The van der Waals surface area contributed by atoms with E-state index in [4.69, 9.17) is 0 Å². The van der Waals surface area contributed by atoms with E-state index in [1.54, 1.807) is 6.08 Å². The van der Waals surface area contributed by atoms with Gasteiger partial charge in [0.05, 0.1) is 6.42 Å². The first-order valence-corrected chi connectivity index (χ1v) is 11.0. The third-order valence-electron chi connectivity index (χ3n) is 8.99. The maximum absolute atomic E-state index is 13.6. The van der Waals surface area contributed by atoms with Gasteiger partial charge in [-0.15, -0.1) is 0 Å². The molecule has 3 saturated carbocycles. The molecule has 4 aliphatic carbocycles. The van der Waals surface area contributed by atoms with Crippen LogP contribution in [0.25, 0.3) is 0 Å². The van der Waals surface area contributed by atoms with Crippen LogP contribution in [0.3, 0.4) is 0 Å². The van der Waals surface area contributed by atoms with Gasteiger partial charge >= 0.3 is 0 Å². The van der Waals surface area contributed by atoms with Crippen molar-refractivity contribution in [3.05, 3.63) is 11.6 Å². The van der Waals surface area contributed by atoms with Gasteiger partial charge in [0.25, 0.3) is 0 Å². The summed E-state index contributed by atoms with van der Waals surface area (Å²) in [6.07, 6.45) is 4.69. The molecule has 0 heterocycles. The molecule has 5 heteroatoms. The smallest absolute Gasteiger partial charge is 0.172 e.